The summed E-state index contributed by atoms with van der Waals surface area (Å²) < 4.78 is 15.1. The molecule has 2 aliphatic heterocycles. The van der Waals surface area contributed by atoms with E-state index in [-0.39, 0.29) is 36.9 Å². The smallest absolute Gasteiger partial charge is 0.322 e. The molecular formula is C22H27ClFN5O3. The van der Waals surface area contributed by atoms with E-state index in [9.17, 15) is 19.1 Å². The zero-order valence-electron chi connectivity index (χ0n) is 16.8. The number of nitrogens with one attached hydrogen (secondary N) is 2. The molecule has 3 amide bonds. The van der Waals surface area contributed by atoms with Crippen LogP contribution in [0.5, 0.6) is 0 Å². The number of urea groups is 1. The SMILES string of the molecule is C.O=C1NCC(C(O)C2CC2)Cn2nc3c(c21)CN(C(=O)Nc1ccc(F)c(Cl)c1)CC3. The maximum absolute atomic E-state index is 13.4. The van der Waals surface area contributed by atoms with Crippen LogP contribution in [0, 0.1) is 17.7 Å². The molecule has 10 heteroatoms. The summed E-state index contributed by atoms with van der Waals surface area (Å²) >= 11 is 5.79. The van der Waals surface area contributed by atoms with Crippen LogP contribution in [0.2, 0.25) is 5.02 Å². The van der Waals surface area contributed by atoms with E-state index in [2.05, 4.69) is 15.7 Å². The minimum absolute atomic E-state index is 0. The third kappa shape index (κ3) is 4.19. The second-order valence-corrected chi connectivity index (χ2v) is 8.89. The molecule has 2 atom stereocenters. The number of hydrogen-bond acceptors (Lipinski definition) is 4. The van der Waals surface area contributed by atoms with E-state index in [1.54, 1.807) is 9.58 Å². The lowest BCUT2D eigenvalue weighted by molar-refractivity contribution is 0.0751. The van der Waals surface area contributed by atoms with Crippen molar-refractivity contribution in [2.75, 3.05) is 18.4 Å². The summed E-state index contributed by atoms with van der Waals surface area (Å²) in [6.45, 7) is 1.57. The Hall–Kier alpha value is -2.65. The van der Waals surface area contributed by atoms with Gasteiger partial charge in [-0.2, -0.15) is 5.10 Å². The fourth-order valence-electron chi connectivity index (χ4n) is 4.41. The standard InChI is InChI=1S/C21H23ClFN5O3.CH4/c22-15-7-13(3-4-16(15)23)25-21(31)27-6-5-17-14(10-27)18-20(30)24-8-12(9-28(18)26-17)19(29)11-1-2-11;/h3-4,7,11-12,19,29H,1-2,5-6,8-10H2,(H,24,30)(H,25,31);1H4. The normalized spacial score (nSPS) is 20.9. The Balaban J connectivity index is 0.00000245. The van der Waals surface area contributed by atoms with Crippen molar-refractivity contribution in [3.8, 4) is 0 Å². The van der Waals surface area contributed by atoms with E-state index in [1.165, 1.54) is 18.2 Å². The average Bonchev–Trinajstić information content (AvgIpc) is 3.55. The van der Waals surface area contributed by atoms with Gasteiger partial charge in [-0.05, 0) is 37.0 Å². The Morgan fingerprint density at radius 1 is 1.34 bits per heavy atom. The van der Waals surface area contributed by atoms with E-state index >= 15 is 0 Å². The molecule has 2 unspecified atom stereocenters. The lowest BCUT2D eigenvalue weighted by Gasteiger charge is -2.27. The van der Waals surface area contributed by atoms with Gasteiger partial charge in [0, 0.05) is 43.2 Å². The highest BCUT2D eigenvalue weighted by atomic mass is 35.5. The lowest BCUT2D eigenvalue weighted by Crippen LogP contribution is -2.39. The van der Waals surface area contributed by atoms with E-state index in [1.807, 2.05) is 0 Å². The molecule has 2 aromatic rings. The molecule has 1 saturated carbocycles. The molecule has 1 fully saturated rings. The Morgan fingerprint density at radius 2 is 2.12 bits per heavy atom. The number of amides is 3. The lowest BCUT2D eigenvalue weighted by atomic mass is 9.99. The molecule has 0 bridgehead atoms. The van der Waals surface area contributed by atoms with Crippen molar-refractivity contribution in [1.29, 1.82) is 0 Å². The molecule has 0 spiro atoms. The highest BCUT2D eigenvalue weighted by Gasteiger charge is 2.39. The Morgan fingerprint density at radius 3 is 2.84 bits per heavy atom. The van der Waals surface area contributed by atoms with Gasteiger partial charge in [0.2, 0.25) is 0 Å². The van der Waals surface area contributed by atoms with Crippen LogP contribution in [0.3, 0.4) is 0 Å². The van der Waals surface area contributed by atoms with E-state index in [0.29, 0.717) is 43.4 Å². The number of benzene rings is 1. The van der Waals surface area contributed by atoms with Gasteiger partial charge in [-0.25, -0.2) is 9.18 Å². The van der Waals surface area contributed by atoms with Crippen molar-refractivity contribution in [2.24, 2.45) is 11.8 Å². The van der Waals surface area contributed by atoms with Crippen LogP contribution >= 0.6 is 11.6 Å². The van der Waals surface area contributed by atoms with Crippen molar-refractivity contribution < 1.29 is 19.1 Å². The first-order chi connectivity index (χ1) is 14.9. The molecular weight excluding hydrogens is 437 g/mol. The first-order valence-corrected chi connectivity index (χ1v) is 10.8. The van der Waals surface area contributed by atoms with Gasteiger partial charge in [0.15, 0.2) is 0 Å². The second kappa shape index (κ2) is 8.71. The van der Waals surface area contributed by atoms with Crippen molar-refractivity contribution in [3.63, 3.8) is 0 Å². The fourth-order valence-corrected chi connectivity index (χ4v) is 4.59. The quantitative estimate of drug-likeness (QED) is 0.651. The fraction of sp³-hybridized carbons (Fsp3) is 0.500. The molecule has 5 rings (SSSR count). The zero-order valence-corrected chi connectivity index (χ0v) is 17.5. The van der Waals surface area contributed by atoms with Crippen LogP contribution < -0.4 is 10.6 Å². The molecule has 0 radical (unpaired) electrons. The molecule has 3 N–H and O–H groups in total. The van der Waals surface area contributed by atoms with Gasteiger partial charge in [-0.15, -0.1) is 0 Å². The number of fused-ring (bicyclic) bond motifs is 3. The van der Waals surface area contributed by atoms with Gasteiger partial charge in [-0.3, -0.25) is 9.48 Å². The van der Waals surface area contributed by atoms with Gasteiger partial charge < -0.3 is 20.6 Å². The number of halogens is 2. The first kappa shape index (κ1) is 22.5. The van der Waals surface area contributed by atoms with Gasteiger partial charge in [0.25, 0.3) is 5.91 Å². The molecule has 1 aliphatic carbocycles. The Kier molecular flexibility index (Phi) is 6.13. The third-order valence-electron chi connectivity index (χ3n) is 6.29. The van der Waals surface area contributed by atoms with Crippen LogP contribution in [0.4, 0.5) is 14.9 Å². The molecule has 3 aliphatic rings. The predicted molar refractivity (Wildman–Crippen MR) is 118 cm³/mol. The molecule has 3 heterocycles. The van der Waals surface area contributed by atoms with E-state index in [0.717, 1.165) is 24.1 Å². The van der Waals surface area contributed by atoms with Crippen molar-refractivity contribution in [1.82, 2.24) is 20.0 Å². The number of aromatic nitrogens is 2. The molecule has 172 valence electrons. The molecule has 8 nitrogen and oxygen atoms in total. The first-order valence-electron chi connectivity index (χ1n) is 10.5. The number of nitrogens with zero attached hydrogens (tertiary/aromatic N) is 3. The molecule has 0 saturated heterocycles. The maximum Gasteiger partial charge on any atom is 0.322 e. The number of aliphatic hydroxyl groups excluding tert-OH is 1. The predicted octanol–water partition coefficient (Wildman–Crippen LogP) is 3.03. The third-order valence-corrected chi connectivity index (χ3v) is 6.58. The van der Waals surface area contributed by atoms with Gasteiger partial charge >= 0.3 is 6.03 Å². The van der Waals surface area contributed by atoms with Gasteiger partial charge in [-0.1, -0.05) is 19.0 Å². The Bertz CT molecular complexity index is 1050. The van der Waals surface area contributed by atoms with Crippen LogP contribution in [0.1, 0.15) is 42.0 Å². The van der Waals surface area contributed by atoms with E-state index in [4.69, 9.17) is 11.6 Å². The van der Waals surface area contributed by atoms with Crippen molar-refractivity contribution >= 4 is 29.2 Å². The highest BCUT2D eigenvalue weighted by molar-refractivity contribution is 6.31. The highest BCUT2D eigenvalue weighted by Crippen LogP contribution is 2.37. The minimum atomic E-state index is -0.555. The minimum Gasteiger partial charge on any atom is -0.392 e. The summed E-state index contributed by atoms with van der Waals surface area (Å²) in [7, 11) is 0. The largest absolute Gasteiger partial charge is 0.392 e. The van der Waals surface area contributed by atoms with Crippen molar-refractivity contribution in [2.45, 2.75) is 45.9 Å². The number of rotatable bonds is 3. The summed E-state index contributed by atoms with van der Waals surface area (Å²) in [6, 6.07) is 3.64. The number of carbonyl (C=O) groups is 2. The van der Waals surface area contributed by atoms with Crippen LogP contribution in [0.25, 0.3) is 0 Å². The number of anilines is 1. The number of carbonyl (C=O) groups excluding carboxylic acids is 2. The number of aliphatic hydroxyl groups is 1. The van der Waals surface area contributed by atoms with Gasteiger partial charge in [0.05, 0.1) is 23.4 Å². The summed E-state index contributed by atoms with van der Waals surface area (Å²) in [4.78, 5) is 27.2. The van der Waals surface area contributed by atoms with Gasteiger partial charge in [0.1, 0.15) is 11.5 Å². The second-order valence-electron chi connectivity index (χ2n) is 8.48. The summed E-state index contributed by atoms with van der Waals surface area (Å²) in [5, 5.41) is 20.8. The zero-order chi connectivity index (χ0) is 21.7. The average molecular weight is 464 g/mol. The van der Waals surface area contributed by atoms with Crippen LogP contribution in [0.15, 0.2) is 18.2 Å². The number of hydrogen-bond donors (Lipinski definition) is 3. The maximum atomic E-state index is 13.4. The van der Waals surface area contributed by atoms with Crippen LogP contribution in [-0.2, 0) is 19.5 Å². The monoisotopic (exact) mass is 463 g/mol. The summed E-state index contributed by atoms with van der Waals surface area (Å²) in [5.41, 5.74) is 2.40. The summed E-state index contributed by atoms with van der Waals surface area (Å²) in [6.07, 6.45) is 2.13. The molecule has 32 heavy (non-hydrogen) atoms. The van der Waals surface area contributed by atoms with Crippen LogP contribution in [-0.4, -0.2) is 50.9 Å². The summed E-state index contributed by atoms with van der Waals surface area (Å²) in [5.74, 6) is -0.553. The topological polar surface area (TPSA) is 99.5 Å². The van der Waals surface area contributed by atoms with E-state index < -0.39 is 11.9 Å². The van der Waals surface area contributed by atoms with Crippen molar-refractivity contribution in [3.05, 3.63) is 46.0 Å². The Labute approximate surface area is 190 Å². The molecule has 1 aromatic heterocycles. The molecule has 1 aromatic carbocycles.